The minimum atomic E-state index is -0.628. The number of nitriles is 1. The molecule has 1 aliphatic heterocycles. The average molecular weight is 482 g/mol. The minimum Gasteiger partial charge on any atom is -0.493 e. The molecule has 5 rings (SSSR count). The van der Waals surface area contributed by atoms with Gasteiger partial charge in [0, 0.05) is 22.6 Å². The molecule has 1 atom stereocenters. The van der Waals surface area contributed by atoms with Crippen molar-refractivity contribution < 1.29 is 28.2 Å². The molecule has 1 aromatic heterocycles. The molecule has 2 N–H and O–H groups in total. The second-order valence-corrected chi connectivity index (χ2v) is 8.18. The molecule has 0 spiro atoms. The van der Waals surface area contributed by atoms with Crippen LogP contribution in [-0.4, -0.2) is 20.2 Å². The number of carbonyl (C=O) groups is 1. The second-order valence-electron chi connectivity index (χ2n) is 8.18. The number of ether oxygens (including phenoxy) is 4. The summed E-state index contributed by atoms with van der Waals surface area (Å²) >= 11 is 0. The van der Waals surface area contributed by atoms with Crippen molar-refractivity contribution in [1.82, 2.24) is 0 Å². The number of furan rings is 1. The van der Waals surface area contributed by atoms with Crippen LogP contribution in [0.1, 0.15) is 33.2 Å². The Morgan fingerprint density at radius 1 is 1.03 bits per heavy atom. The molecular formula is C28H22N2O6. The number of rotatable bonds is 5. The lowest BCUT2D eigenvalue weighted by Gasteiger charge is -2.27. The lowest BCUT2D eigenvalue weighted by molar-refractivity contribution is 0.0702. The fourth-order valence-electron chi connectivity index (χ4n) is 4.40. The number of hydrogen-bond donors (Lipinski definition) is 1. The maximum absolute atomic E-state index is 12.9. The number of hydrogen-bond acceptors (Lipinski definition) is 8. The van der Waals surface area contributed by atoms with Gasteiger partial charge in [0.1, 0.15) is 28.7 Å². The molecule has 0 saturated heterocycles. The zero-order valence-corrected chi connectivity index (χ0v) is 19.8. The molecule has 0 fully saturated rings. The van der Waals surface area contributed by atoms with E-state index >= 15 is 0 Å². The van der Waals surface area contributed by atoms with E-state index in [9.17, 15) is 10.1 Å². The SMILES string of the molecule is COc1ccc(C2C(C#N)=C(N)Oc3cc(OC(=O)c4oc5ccccc5c4C)ccc32)cc1OC. The van der Waals surface area contributed by atoms with E-state index in [0.29, 0.717) is 34.0 Å². The number of carbonyl (C=O) groups excluding carboxylic acids is 1. The molecule has 8 heteroatoms. The van der Waals surface area contributed by atoms with Crippen molar-refractivity contribution in [3.05, 3.63) is 94.6 Å². The van der Waals surface area contributed by atoms with Crippen LogP contribution >= 0.6 is 0 Å². The minimum absolute atomic E-state index is 0.0265. The van der Waals surface area contributed by atoms with Crippen LogP contribution in [0, 0.1) is 18.3 Å². The summed E-state index contributed by atoms with van der Waals surface area (Å²) in [5, 5.41) is 10.7. The Morgan fingerprint density at radius 2 is 1.81 bits per heavy atom. The highest BCUT2D eigenvalue weighted by molar-refractivity contribution is 5.96. The predicted molar refractivity (Wildman–Crippen MR) is 131 cm³/mol. The fourth-order valence-corrected chi connectivity index (χ4v) is 4.40. The number of allylic oxidation sites excluding steroid dienone is 1. The maximum Gasteiger partial charge on any atom is 0.379 e. The molecule has 180 valence electrons. The van der Waals surface area contributed by atoms with Crippen LogP contribution in [0.15, 0.2) is 76.5 Å². The van der Waals surface area contributed by atoms with Gasteiger partial charge in [-0.25, -0.2) is 4.79 Å². The molecule has 2 heterocycles. The van der Waals surface area contributed by atoms with E-state index in [1.165, 1.54) is 0 Å². The van der Waals surface area contributed by atoms with E-state index < -0.39 is 11.9 Å². The third-order valence-corrected chi connectivity index (χ3v) is 6.17. The first kappa shape index (κ1) is 22.9. The van der Waals surface area contributed by atoms with Gasteiger partial charge in [0.25, 0.3) is 0 Å². The number of methoxy groups -OCH3 is 2. The van der Waals surface area contributed by atoms with Crippen molar-refractivity contribution in [3.8, 4) is 29.1 Å². The molecule has 0 saturated carbocycles. The van der Waals surface area contributed by atoms with E-state index in [4.69, 9.17) is 29.1 Å². The smallest absolute Gasteiger partial charge is 0.379 e. The van der Waals surface area contributed by atoms with E-state index in [0.717, 1.165) is 10.9 Å². The molecular weight excluding hydrogens is 460 g/mol. The number of fused-ring (bicyclic) bond motifs is 2. The first-order valence-electron chi connectivity index (χ1n) is 11.1. The second kappa shape index (κ2) is 9.04. The Morgan fingerprint density at radius 3 is 2.53 bits per heavy atom. The number of esters is 1. The van der Waals surface area contributed by atoms with Gasteiger partial charge in [-0.1, -0.05) is 30.3 Å². The Labute approximate surface area is 207 Å². The van der Waals surface area contributed by atoms with Crippen LogP contribution in [0.3, 0.4) is 0 Å². The summed E-state index contributed by atoms with van der Waals surface area (Å²) in [6.07, 6.45) is 0. The molecule has 36 heavy (non-hydrogen) atoms. The topological polar surface area (TPSA) is 117 Å². The highest BCUT2D eigenvalue weighted by Gasteiger charge is 2.32. The predicted octanol–water partition coefficient (Wildman–Crippen LogP) is 5.20. The summed E-state index contributed by atoms with van der Waals surface area (Å²) in [5.41, 5.74) is 9.14. The molecule has 1 aliphatic rings. The van der Waals surface area contributed by atoms with Crippen molar-refractivity contribution >= 4 is 16.9 Å². The lowest BCUT2D eigenvalue weighted by atomic mass is 9.83. The molecule has 0 amide bonds. The number of nitrogens with zero attached hydrogens (tertiary/aromatic N) is 1. The number of nitrogens with two attached hydrogens (primary N) is 1. The molecule has 3 aromatic carbocycles. The normalized spacial score (nSPS) is 14.6. The van der Waals surface area contributed by atoms with E-state index in [1.54, 1.807) is 57.5 Å². The third kappa shape index (κ3) is 3.77. The van der Waals surface area contributed by atoms with Gasteiger partial charge in [0.05, 0.1) is 20.1 Å². The van der Waals surface area contributed by atoms with Crippen molar-refractivity contribution in [1.29, 1.82) is 5.26 Å². The summed E-state index contributed by atoms with van der Waals surface area (Å²) in [6.45, 7) is 1.81. The molecule has 0 radical (unpaired) electrons. The van der Waals surface area contributed by atoms with E-state index in [-0.39, 0.29) is 23.0 Å². The average Bonchev–Trinajstić information content (AvgIpc) is 3.24. The highest BCUT2D eigenvalue weighted by atomic mass is 16.5. The van der Waals surface area contributed by atoms with Crippen molar-refractivity contribution in [2.75, 3.05) is 14.2 Å². The summed E-state index contributed by atoms with van der Waals surface area (Å²) in [4.78, 5) is 12.9. The standard InChI is InChI=1S/C28H22N2O6/c1-15-18-6-4-5-7-21(18)35-26(15)28(31)34-17-9-10-19-23(13-17)36-27(30)20(14-29)25(19)16-8-11-22(32-2)24(12-16)33-3/h4-13,25H,30H2,1-3H3. The first-order chi connectivity index (χ1) is 17.4. The Bertz CT molecular complexity index is 1580. The summed E-state index contributed by atoms with van der Waals surface area (Å²) in [6, 6.07) is 19.9. The first-order valence-corrected chi connectivity index (χ1v) is 11.1. The molecule has 4 aromatic rings. The summed E-state index contributed by atoms with van der Waals surface area (Å²) < 4.78 is 27.8. The van der Waals surface area contributed by atoms with Crippen LogP contribution in [0.25, 0.3) is 11.0 Å². The van der Waals surface area contributed by atoms with Crippen LogP contribution in [0.2, 0.25) is 0 Å². The Kier molecular flexibility index (Phi) is 5.74. The van der Waals surface area contributed by atoms with Crippen molar-refractivity contribution in [2.45, 2.75) is 12.8 Å². The summed E-state index contributed by atoms with van der Waals surface area (Å²) in [5.74, 6) is 0.664. The lowest BCUT2D eigenvalue weighted by Crippen LogP contribution is -2.21. The zero-order chi connectivity index (χ0) is 25.4. The van der Waals surface area contributed by atoms with Gasteiger partial charge in [0.2, 0.25) is 11.6 Å². The van der Waals surface area contributed by atoms with Gasteiger partial charge in [0.15, 0.2) is 11.5 Å². The van der Waals surface area contributed by atoms with E-state index in [2.05, 4.69) is 6.07 Å². The molecule has 0 aliphatic carbocycles. The molecule has 8 nitrogen and oxygen atoms in total. The number of aryl methyl sites for hydroxylation is 1. The van der Waals surface area contributed by atoms with Gasteiger partial charge in [-0.2, -0.15) is 5.26 Å². The number of para-hydroxylation sites is 1. The maximum atomic E-state index is 12.9. The van der Waals surface area contributed by atoms with Crippen LogP contribution < -0.4 is 24.7 Å². The fraction of sp³-hybridized carbons (Fsp3) is 0.143. The largest absolute Gasteiger partial charge is 0.493 e. The van der Waals surface area contributed by atoms with E-state index in [1.807, 2.05) is 24.3 Å². The van der Waals surface area contributed by atoms with Crippen molar-refractivity contribution in [3.63, 3.8) is 0 Å². The van der Waals surface area contributed by atoms with Gasteiger partial charge in [-0.05, 0) is 36.8 Å². The van der Waals surface area contributed by atoms with Crippen LogP contribution in [0.5, 0.6) is 23.0 Å². The Hall–Kier alpha value is -4.90. The number of benzene rings is 3. The highest BCUT2D eigenvalue weighted by Crippen LogP contribution is 2.45. The molecule has 1 unspecified atom stereocenters. The zero-order valence-electron chi connectivity index (χ0n) is 19.8. The van der Waals surface area contributed by atoms with Gasteiger partial charge in [-0.15, -0.1) is 0 Å². The van der Waals surface area contributed by atoms with Crippen molar-refractivity contribution in [2.24, 2.45) is 5.73 Å². The van der Waals surface area contributed by atoms with Gasteiger partial charge < -0.3 is 29.1 Å². The quantitative estimate of drug-likeness (QED) is 0.305. The van der Waals surface area contributed by atoms with Gasteiger partial charge in [-0.3, -0.25) is 0 Å². The summed E-state index contributed by atoms with van der Waals surface area (Å²) in [7, 11) is 3.09. The van der Waals surface area contributed by atoms with Crippen LogP contribution in [0.4, 0.5) is 0 Å². The third-order valence-electron chi connectivity index (χ3n) is 6.17. The molecule has 0 bridgehead atoms. The monoisotopic (exact) mass is 482 g/mol. The van der Waals surface area contributed by atoms with Crippen LogP contribution in [-0.2, 0) is 0 Å². The Balaban J connectivity index is 1.50. The van der Waals surface area contributed by atoms with Gasteiger partial charge >= 0.3 is 5.97 Å².